The number of carbonyl (C=O) groups excluding carboxylic acids is 1. The Balaban J connectivity index is 1.53. The molecule has 1 atom stereocenters. The summed E-state index contributed by atoms with van der Waals surface area (Å²) in [7, 11) is 1.57. The summed E-state index contributed by atoms with van der Waals surface area (Å²) >= 11 is 0. The first kappa shape index (κ1) is 20.8. The lowest BCUT2D eigenvalue weighted by Crippen LogP contribution is -2.28. The molecule has 0 aliphatic carbocycles. The Morgan fingerprint density at radius 1 is 1.00 bits per heavy atom. The van der Waals surface area contributed by atoms with E-state index in [-0.39, 0.29) is 17.9 Å². The molecule has 0 saturated heterocycles. The molecule has 1 aromatic heterocycles. The van der Waals surface area contributed by atoms with Crippen LogP contribution in [-0.4, -0.2) is 18.1 Å². The van der Waals surface area contributed by atoms with E-state index < -0.39 is 5.92 Å². The number of methoxy groups -OCH3 is 1. The number of hydrogen-bond acceptors (Lipinski definition) is 5. The van der Waals surface area contributed by atoms with Crippen molar-refractivity contribution in [2.75, 3.05) is 7.11 Å². The number of ether oxygens (including phenoxy) is 3. The summed E-state index contributed by atoms with van der Waals surface area (Å²) in [5, 5.41) is 0.704. The van der Waals surface area contributed by atoms with E-state index in [0.717, 1.165) is 16.7 Å². The van der Waals surface area contributed by atoms with Crippen molar-refractivity contribution in [1.82, 2.24) is 4.98 Å². The standard InChI is InChI=1S/C27H23NO5/c1-16-7-3-4-8-18(16)15-32-22-12-11-17(13-23(22)31-2)20-14-24(29)33-26-19-9-5-6-10-21(19)28-27(30)25(20)26/h3-13,20H,14-15H2,1-2H3,(H,28,30). The zero-order chi connectivity index (χ0) is 22.9. The van der Waals surface area contributed by atoms with E-state index in [1.165, 1.54) is 0 Å². The van der Waals surface area contributed by atoms with Gasteiger partial charge in [0, 0.05) is 11.3 Å². The Morgan fingerprint density at radius 2 is 1.79 bits per heavy atom. The molecule has 0 saturated carbocycles. The second-order valence-electron chi connectivity index (χ2n) is 8.10. The monoisotopic (exact) mass is 441 g/mol. The second kappa shape index (κ2) is 8.47. The van der Waals surface area contributed by atoms with E-state index in [2.05, 4.69) is 4.98 Å². The van der Waals surface area contributed by atoms with E-state index in [0.29, 0.717) is 40.3 Å². The second-order valence-corrected chi connectivity index (χ2v) is 8.10. The first-order valence-electron chi connectivity index (χ1n) is 10.8. The molecule has 1 aliphatic heterocycles. The number of aromatic nitrogens is 1. The molecule has 1 unspecified atom stereocenters. The quantitative estimate of drug-likeness (QED) is 0.447. The number of hydrogen-bond donors (Lipinski definition) is 1. The third kappa shape index (κ3) is 3.84. The third-order valence-corrected chi connectivity index (χ3v) is 6.08. The normalized spacial score (nSPS) is 15.1. The molecule has 0 radical (unpaired) electrons. The maximum atomic E-state index is 13.0. The van der Waals surface area contributed by atoms with Gasteiger partial charge in [0.05, 0.1) is 24.6 Å². The van der Waals surface area contributed by atoms with Crippen LogP contribution in [0.4, 0.5) is 0 Å². The number of aromatic amines is 1. The number of esters is 1. The van der Waals surface area contributed by atoms with Crippen molar-refractivity contribution in [2.24, 2.45) is 0 Å². The highest BCUT2D eigenvalue weighted by molar-refractivity contribution is 5.91. The number of benzene rings is 3. The van der Waals surface area contributed by atoms with Gasteiger partial charge in [0.15, 0.2) is 11.5 Å². The highest BCUT2D eigenvalue weighted by atomic mass is 16.5. The number of rotatable bonds is 5. The topological polar surface area (TPSA) is 77.6 Å². The van der Waals surface area contributed by atoms with Gasteiger partial charge in [-0.1, -0.05) is 42.5 Å². The van der Waals surface area contributed by atoms with Crippen molar-refractivity contribution < 1.29 is 19.0 Å². The smallest absolute Gasteiger partial charge is 0.312 e. The van der Waals surface area contributed by atoms with Gasteiger partial charge in [-0.15, -0.1) is 0 Å². The predicted molar refractivity (Wildman–Crippen MR) is 125 cm³/mol. The van der Waals surface area contributed by atoms with E-state index in [1.54, 1.807) is 13.2 Å². The van der Waals surface area contributed by atoms with Crippen LogP contribution in [0.1, 0.15) is 34.6 Å². The minimum absolute atomic E-state index is 0.0704. The van der Waals surface area contributed by atoms with E-state index in [1.807, 2.05) is 67.6 Å². The Kier molecular flexibility index (Phi) is 5.34. The lowest BCUT2D eigenvalue weighted by molar-refractivity contribution is -0.135. The maximum Gasteiger partial charge on any atom is 0.312 e. The summed E-state index contributed by atoms with van der Waals surface area (Å²) in [4.78, 5) is 28.4. The zero-order valence-electron chi connectivity index (χ0n) is 18.4. The van der Waals surface area contributed by atoms with Crippen LogP contribution in [0.2, 0.25) is 0 Å². The Bertz CT molecular complexity index is 1420. The summed E-state index contributed by atoms with van der Waals surface area (Å²) < 4.78 is 17.2. The van der Waals surface area contributed by atoms with Gasteiger partial charge in [0.2, 0.25) is 0 Å². The van der Waals surface area contributed by atoms with Crippen LogP contribution in [0.15, 0.2) is 71.5 Å². The highest BCUT2D eigenvalue weighted by Crippen LogP contribution is 2.42. The van der Waals surface area contributed by atoms with Crippen molar-refractivity contribution in [3.05, 3.63) is 99.3 Å². The summed E-state index contributed by atoms with van der Waals surface area (Å²) in [6.45, 7) is 2.45. The molecule has 2 heterocycles. The number of fused-ring (bicyclic) bond motifs is 3. The molecular formula is C27H23NO5. The molecule has 3 aromatic carbocycles. The van der Waals surface area contributed by atoms with Crippen LogP contribution >= 0.6 is 0 Å². The van der Waals surface area contributed by atoms with Gasteiger partial charge < -0.3 is 19.2 Å². The van der Waals surface area contributed by atoms with E-state index >= 15 is 0 Å². The lowest BCUT2D eigenvalue weighted by Gasteiger charge is -2.25. The first-order chi connectivity index (χ1) is 16.0. The van der Waals surface area contributed by atoms with Crippen molar-refractivity contribution in [2.45, 2.75) is 25.9 Å². The minimum atomic E-state index is -0.450. The molecule has 33 heavy (non-hydrogen) atoms. The fraction of sp³-hybridized carbons (Fsp3) is 0.185. The van der Waals surface area contributed by atoms with Crippen molar-refractivity contribution >= 4 is 16.9 Å². The molecule has 5 rings (SSSR count). The van der Waals surface area contributed by atoms with E-state index in [4.69, 9.17) is 14.2 Å². The molecule has 0 fully saturated rings. The molecule has 0 amide bonds. The maximum absolute atomic E-state index is 13.0. The number of pyridine rings is 1. The zero-order valence-corrected chi connectivity index (χ0v) is 18.4. The average Bonchev–Trinajstić information content (AvgIpc) is 2.83. The summed E-state index contributed by atoms with van der Waals surface area (Å²) in [6, 6.07) is 20.9. The molecule has 0 bridgehead atoms. The fourth-order valence-corrected chi connectivity index (χ4v) is 4.31. The van der Waals surface area contributed by atoms with Gasteiger partial charge in [-0.2, -0.15) is 0 Å². The minimum Gasteiger partial charge on any atom is -0.493 e. The van der Waals surface area contributed by atoms with Crippen LogP contribution in [0.5, 0.6) is 17.2 Å². The van der Waals surface area contributed by atoms with Crippen molar-refractivity contribution in [1.29, 1.82) is 0 Å². The van der Waals surface area contributed by atoms with E-state index in [9.17, 15) is 9.59 Å². The summed E-state index contributed by atoms with van der Waals surface area (Å²) in [6.07, 6.45) is 0.0704. The third-order valence-electron chi connectivity index (χ3n) is 6.08. The van der Waals surface area contributed by atoms with Gasteiger partial charge >= 0.3 is 5.97 Å². The largest absolute Gasteiger partial charge is 0.493 e. The SMILES string of the molecule is COc1cc(C2CC(=O)Oc3c2c(=O)[nH]c2ccccc32)ccc1OCc1ccccc1C. The Morgan fingerprint density at radius 3 is 2.61 bits per heavy atom. The predicted octanol–water partition coefficient (Wildman–Crippen LogP) is 4.87. The molecule has 1 aliphatic rings. The first-order valence-corrected chi connectivity index (χ1v) is 10.8. The molecule has 4 aromatic rings. The van der Waals surface area contributed by atoms with Crippen molar-refractivity contribution in [3.8, 4) is 17.2 Å². The van der Waals surface area contributed by atoms with Gasteiger partial charge in [0.25, 0.3) is 5.56 Å². The van der Waals surface area contributed by atoms with Crippen LogP contribution in [0.3, 0.4) is 0 Å². The fourth-order valence-electron chi connectivity index (χ4n) is 4.31. The highest BCUT2D eigenvalue weighted by Gasteiger charge is 2.33. The summed E-state index contributed by atoms with van der Waals surface area (Å²) in [5.41, 5.74) is 3.84. The number of para-hydroxylation sites is 1. The average molecular weight is 441 g/mol. The number of H-pyrrole nitrogens is 1. The Labute approximate surface area is 190 Å². The van der Waals surface area contributed by atoms with Crippen LogP contribution in [-0.2, 0) is 11.4 Å². The molecule has 166 valence electrons. The number of carbonyl (C=O) groups is 1. The molecular weight excluding hydrogens is 418 g/mol. The molecule has 6 heteroatoms. The van der Waals surface area contributed by atoms with Crippen LogP contribution in [0.25, 0.3) is 10.9 Å². The molecule has 6 nitrogen and oxygen atoms in total. The lowest BCUT2D eigenvalue weighted by atomic mass is 9.86. The van der Waals surface area contributed by atoms with Gasteiger partial charge in [-0.05, 0) is 47.9 Å². The Hall–Kier alpha value is -4.06. The van der Waals surface area contributed by atoms with Crippen molar-refractivity contribution in [3.63, 3.8) is 0 Å². The number of nitrogens with one attached hydrogen (secondary N) is 1. The van der Waals surface area contributed by atoms with Crippen LogP contribution in [0, 0.1) is 6.92 Å². The van der Waals surface area contributed by atoms with Gasteiger partial charge in [0.1, 0.15) is 12.4 Å². The summed E-state index contributed by atoms with van der Waals surface area (Å²) in [5.74, 6) is 0.639. The molecule has 1 N–H and O–H groups in total. The van der Waals surface area contributed by atoms with Crippen LogP contribution < -0.4 is 19.8 Å². The van der Waals surface area contributed by atoms with Gasteiger partial charge in [-0.3, -0.25) is 9.59 Å². The number of aryl methyl sites for hydroxylation is 1. The molecule has 0 spiro atoms. The van der Waals surface area contributed by atoms with Gasteiger partial charge in [-0.25, -0.2) is 0 Å².